The maximum atomic E-state index is 14.7. The number of aromatic nitrogens is 2. The summed E-state index contributed by atoms with van der Waals surface area (Å²) < 4.78 is 57.0. The second-order valence-corrected chi connectivity index (χ2v) is 7.67. The normalized spacial score (nSPS) is 15.1. The van der Waals surface area contributed by atoms with Crippen LogP contribution in [0.5, 0.6) is 5.75 Å². The van der Waals surface area contributed by atoms with Crippen molar-refractivity contribution in [2.24, 2.45) is 0 Å². The number of aliphatic hydroxyl groups excluding tert-OH is 1. The van der Waals surface area contributed by atoms with Gasteiger partial charge in [-0.1, -0.05) is 24.3 Å². The van der Waals surface area contributed by atoms with Crippen LogP contribution in [0.1, 0.15) is 22.5 Å². The van der Waals surface area contributed by atoms with E-state index in [0.29, 0.717) is 25.2 Å². The van der Waals surface area contributed by atoms with Crippen molar-refractivity contribution < 1.29 is 27.4 Å². The second-order valence-electron chi connectivity index (χ2n) is 7.67. The van der Waals surface area contributed by atoms with Crippen LogP contribution in [-0.4, -0.2) is 40.4 Å². The third-order valence-electron chi connectivity index (χ3n) is 5.10. The van der Waals surface area contributed by atoms with Crippen molar-refractivity contribution >= 4 is 17.6 Å². The van der Waals surface area contributed by atoms with Gasteiger partial charge in [-0.3, -0.25) is 4.68 Å². The first-order valence-corrected chi connectivity index (χ1v) is 9.96. The highest BCUT2D eigenvalue weighted by atomic mass is 19.4. The van der Waals surface area contributed by atoms with Crippen LogP contribution in [0.25, 0.3) is 11.9 Å². The number of hydrogen-bond acceptors (Lipinski definition) is 4. The van der Waals surface area contributed by atoms with Crippen LogP contribution in [0.4, 0.5) is 23.2 Å². The van der Waals surface area contributed by atoms with Crippen molar-refractivity contribution in [1.29, 1.82) is 0 Å². The van der Waals surface area contributed by atoms with Gasteiger partial charge >= 0.3 is 6.36 Å². The Bertz CT molecular complexity index is 1120. The highest BCUT2D eigenvalue weighted by Crippen LogP contribution is 2.26. The Morgan fingerprint density at radius 3 is 2.53 bits per heavy atom. The summed E-state index contributed by atoms with van der Waals surface area (Å²) in [7, 11) is 0. The first-order valence-electron chi connectivity index (χ1n) is 9.96. The Labute approximate surface area is 182 Å². The molecule has 0 unspecified atom stereocenters. The number of rotatable bonds is 6. The summed E-state index contributed by atoms with van der Waals surface area (Å²) in [4.78, 5) is 2.07. The minimum absolute atomic E-state index is 0.139. The van der Waals surface area contributed by atoms with Gasteiger partial charge in [-0.2, -0.15) is 5.10 Å². The number of aliphatic hydroxyl groups is 1. The first kappa shape index (κ1) is 21.9. The number of nitrogens with zero attached hydrogens (tertiary/aromatic N) is 3. The molecule has 0 aliphatic carbocycles. The van der Waals surface area contributed by atoms with Crippen LogP contribution in [0.3, 0.4) is 0 Å². The van der Waals surface area contributed by atoms with Crippen LogP contribution < -0.4 is 9.64 Å². The molecule has 0 amide bonds. The smallest absolute Gasteiger partial charge is 0.406 e. The number of aryl methyl sites for hydroxylation is 1. The molecule has 1 aliphatic rings. The van der Waals surface area contributed by atoms with E-state index >= 15 is 0 Å². The Morgan fingerprint density at radius 1 is 1.16 bits per heavy atom. The number of hydrogen-bond donors (Lipinski definition) is 1. The quantitative estimate of drug-likeness (QED) is 0.553. The van der Waals surface area contributed by atoms with Gasteiger partial charge in [-0.25, -0.2) is 4.39 Å². The minimum atomic E-state index is -4.77. The van der Waals surface area contributed by atoms with Crippen molar-refractivity contribution in [2.75, 3.05) is 18.0 Å². The van der Waals surface area contributed by atoms with Gasteiger partial charge in [-0.05, 0) is 54.5 Å². The molecule has 1 saturated heterocycles. The van der Waals surface area contributed by atoms with Crippen LogP contribution in [-0.2, 0) is 6.54 Å². The number of alkyl halides is 3. The number of halogens is 4. The molecule has 0 atom stereocenters. The Hall–Kier alpha value is -3.33. The fraction of sp³-hybridized carbons (Fsp3) is 0.261. The van der Waals surface area contributed by atoms with Crippen LogP contribution >= 0.6 is 0 Å². The third kappa shape index (κ3) is 5.28. The van der Waals surface area contributed by atoms with Crippen LogP contribution in [0.15, 0.2) is 54.6 Å². The SMILES string of the molecule is Cc1cc(/C(F)=C/c2ccc(OC(F)(F)F)cc2)nn1Cc1cccc(N2CC(O)C2)c1. The molecule has 0 saturated carbocycles. The number of benzene rings is 2. The van der Waals surface area contributed by atoms with Crippen molar-refractivity contribution in [3.8, 4) is 5.75 Å². The van der Waals surface area contributed by atoms with E-state index in [4.69, 9.17) is 0 Å². The second kappa shape index (κ2) is 8.66. The zero-order valence-electron chi connectivity index (χ0n) is 17.2. The molecule has 0 spiro atoms. The summed E-state index contributed by atoms with van der Waals surface area (Å²) in [6, 6.07) is 14.4. The zero-order valence-corrected chi connectivity index (χ0v) is 17.2. The molecule has 2 aromatic carbocycles. The summed E-state index contributed by atoms with van der Waals surface area (Å²) in [5, 5.41) is 13.8. The van der Waals surface area contributed by atoms with Gasteiger partial charge in [-0.15, -0.1) is 13.2 Å². The van der Waals surface area contributed by atoms with E-state index in [2.05, 4.69) is 14.7 Å². The van der Waals surface area contributed by atoms with Gasteiger partial charge < -0.3 is 14.7 Å². The molecule has 32 heavy (non-hydrogen) atoms. The van der Waals surface area contributed by atoms with E-state index in [1.165, 1.54) is 18.2 Å². The molecule has 1 aliphatic heterocycles. The predicted molar refractivity (Wildman–Crippen MR) is 113 cm³/mol. The molecule has 3 aromatic rings. The summed E-state index contributed by atoms with van der Waals surface area (Å²) in [5.74, 6) is -0.968. The van der Waals surface area contributed by atoms with Gasteiger partial charge in [0.1, 0.15) is 11.4 Å². The largest absolute Gasteiger partial charge is 0.573 e. The van der Waals surface area contributed by atoms with Crippen LogP contribution in [0.2, 0.25) is 0 Å². The number of β-amino-alcohol motifs (C(OH)–C–C–N with tert-alkyl or cyclic N) is 1. The summed E-state index contributed by atoms with van der Waals surface area (Å²) >= 11 is 0. The summed E-state index contributed by atoms with van der Waals surface area (Å²) in [6.45, 7) is 3.48. The third-order valence-corrected chi connectivity index (χ3v) is 5.10. The molecular weight excluding hydrogens is 426 g/mol. The van der Waals surface area contributed by atoms with E-state index in [1.807, 2.05) is 31.2 Å². The van der Waals surface area contributed by atoms with Gasteiger partial charge in [0.05, 0.1) is 12.6 Å². The van der Waals surface area contributed by atoms with E-state index in [-0.39, 0.29) is 17.5 Å². The Balaban J connectivity index is 1.46. The highest BCUT2D eigenvalue weighted by Gasteiger charge is 2.31. The van der Waals surface area contributed by atoms with Crippen molar-refractivity contribution in [2.45, 2.75) is 25.9 Å². The molecule has 9 heteroatoms. The van der Waals surface area contributed by atoms with Crippen molar-refractivity contribution in [3.63, 3.8) is 0 Å². The maximum absolute atomic E-state index is 14.7. The molecule has 5 nitrogen and oxygen atoms in total. The molecule has 1 aromatic heterocycles. The van der Waals surface area contributed by atoms with E-state index in [0.717, 1.165) is 29.1 Å². The lowest BCUT2D eigenvalue weighted by atomic mass is 10.1. The Kier molecular flexibility index (Phi) is 5.92. The molecule has 168 valence electrons. The zero-order chi connectivity index (χ0) is 22.9. The van der Waals surface area contributed by atoms with Crippen LogP contribution in [0, 0.1) is 6.92 Å². The standard InChI is InChI=1S/C23H21F4N3O2/c1-15-9-22(21(24)11-16-5-7-20(8-6-16)32-23(25,26)27)28-30(15)12-17-3-2-4-18(10-17)29-13-19(31)14-29/h2-11,19,31H,12-14H2,1H3/b21-11-. The lowest BCUT2D eigenvalue weighted by Crippen LogP contribution is -2.50. The fourth-order valence-electron chi connectivity index (χ4n) is 3.46. The molecular formula is C23H21F4N3O2. The van der Waals surface area contributed by atoms with Gasteiger partial charge in [0.25, 0.3) is 0 Å². The number of anilines is 1. The van der Waals surface area contributed by atoms with Gasteiger partial charge in [0, 0.05) is 24.5 Å². The van der Waals surface area contributed by atoms with E-state index < -0.39 is 12.2 Å². The first-order chi connectivity index (χ1) is 15.2. The predicted octanol–water partition coefficient (Wildman–Crippen LogP) is 4.79. The monoisotopic (exact) mass is 447 g/mol. The lowest BCUT2D eigenvalue weighted by molar-refractivity contribution is -0.274. The minimum Gasteiger partial charge on any atom is -0.406 e. The van der Waals surface area contributed by atoms with Crippen molar-refractivity contribution in [1.82, 2.24) is 9.78 Å². The molecule has 4 rings (SSSR count). The number of ether oxygens (including phenoxy) is 1. The molecule has 0 bridgehead atoms. The van der Waals surface area contributed by atoms with Gasteiger partial charge in [0.15, 0.2) is 5.83 Å². The van der Waals surface area contributed by atoms with Gasteiger partial charge in [0.2, 0.25) is 0 Å². The highest BCUT2D eigenvalue weighted by molar-refractivity contribution is 5.75. The molecule has 1 fully saturated rings. The molecule has 2 heterocycles. The van der Waals surface area contributed by atoms with E-state index in [1.54, 1.807) is 10.7 Å². The average molecular weight is 447 g/mol. The maximum Gasteiger partial charge on any atom is 0.573 e. The van der Waals surface area contributed by atoms with Crippen molar-refractivity contribution in [3.05, 3.63) is 77.1 Å². The van der Waals surface area contributed by atoms with E-state index in [9.17, 15) is 22.7 Å². The molecule has 0 radical (unpaired) electrons. The lowest BCUT2D eigenvalue weighted by Gasteiger charge is -2.38. The molecule has 1 N–H and O–H groups in total. The average Bonchev–Trinajstić information content (AvgIpc) is 3.07. The topological polar surface area (TPSA) is 50.5 Å². The Morgan fingerprint density at radius 2 is 1.88 bits per heavy atom. The summed E-state index contributed by atoms with van der Waals surface area (Å²) in [6.07, 6.45) is -3.86. The fourth-order valence-corrected chi connectivity index (χ4v) is 3.46. The summed E-state index contributed by atoms with van der Waals surface area (Å²) in [5.41, 5.74) is 3.30.